The fraction of sp³-hybridized carbons (Fsp3) is 0.667. The zero-order valence-corrected chi connectivity index (χ0v) is 10.1. The van der Waals surface area contributed by atoms with Gasteiger partial charge < -0.3 is 15.5 Å². The Morgan fingerprint density at radius 3 is 1.88 bits per heavy atom. The van der Waals surface area contributed by atoms with Crippen molar-refractivity contribution in [3.63, 3.8) is 0 Å². The van der Waals surface area contributed by atoms with E-state index in [9.17, 15) is 14.4 Å². The zero-order chi connectivity index (χ0) is 12.9. The highest BCUT2D eigenvalue weighted by Gasteiger charge is 2.34. The molecule has 0 aliphatic rings. The Bertz CT molecular complexity index is 296. The van der Waals surface area contributed by atoms with Crippen molar-refractivity contribution in [2.45, 2.75) is 20.8 Å². The highest BCUT2D eigenvalue weighted by atomic mass is 16.7. The summed E-state index contributed by atoms with van der Waals surface area (Å²) in [7, 11) is 2.66. The smallest absolute Gasteiger partial charge is 0.338 e. The first kappa shape index (κ1) is 14.2. The third-order valence-electron chi connectivity index (χ3n) is 1.60. The Morgan fingerprint density at radius 1 is 1.06 bits per heavy atom. The topological polar surface area (TPSA) is 87.7 Å². The summed E-state index contributed by atoms with van der Waals surface area (Å²) < 4.78 is 0. The third kappa shape index (κ3) is 3.76. The lowest BCUT2D eigenvalue weighted by Crippen LogP contribution is -2.49. The number of hydroxylamine groups is 2. The number of nitrogens with one attached hydrogen (secondary N) is 2. The normalized spacial score (nSPS) is 10.3. The maximum absolute atomic E-state index is 11.8. The molecule has 0 aromatic heterocycles. The molecule has 92 valence electrons. The molecule has 7 heteroatoms. The van der Waals surface area contributed by atoms with E-state index < -0.39 is 23.4 Å². The van der Waals surface area contributed by atoms with Crippen LogP contribution in [0.15, 0.2) is 0 Å². The fourth-order valence-corrected chi connectivity index (χ4v) is 0.710. The predicted molar refractivity (Wildman–Crippen MR) is 56.3 cm³/mol. The van der Waals surface area contributed by atoms with E-state index in [1.807, 2.05) is 0 Å². The average Bonchev–Trinajstić information content (AvgIpc) is 2.22. The molecule has 16 heavy (non-hydrogen) atoms. The SMILES string of the molecule is CNC(=O)ON(C(=O)NC)C(=O)C(C)(C)C. The van der Waals surface area contributed by atoms with Crippen molar-refractivity contribution in [2.24, 2.45) is 5.41 Å². The molecule has 0 spiro atoms. The third-order valence-corrected chi connectivity index (χ3v) is 1.60. The first-order valence-corrected chi connectivity index (χ1v) is 4.70. The molecule has 0 heterocycles. The van der Waals surface area contributed by atoms with Gasteiger partial charge in [-0.15, -0.1) is 0 Å². The summed E-state index contributed by atoms with van der Waals surface area (Å²) in [5.74, 6) is -0.615. The summed E-state index contributed by atoms with van der Waals surface area (Å²) in [6.45, 7) is 4.83. The van der Waals surface area contributed by atoms with Crippen LogP contribution in [-0.4, -0.2) is 37.2 Å². The van der Waals surface area contributed by atoms with Gasteiger partial charge >= 0.3 is 12.1 Å². The molecule has 0 radical (unpaired) electrons. The number of hydrogen-bond donors (Lipinski definition) is 2. The molecular formula is C9H17N3O4. The fourth-order valence-electron chi connectivity index (χ4n) is 0.710. The van der Waals surface area contributed by atoms with Crippen LogP contribution in [0.25, 0.3) is 0 Å². The maximum atomic E-state index is 11.8. The van der Waals surface area contributed by atoms with Crippen molar-refractivity contribution < 1.29 is 19.2 Å². The van der Waals surface area contributed by atoms with Crippen molar-refractivity contribution in [2.75, 3.05) is 14.1 Å². The Balaban J connectivity index is 4.89. The number of imide groups is 1. The van der Waals surface area contributed by atoms with Crippen molar-refractivity contribution in [3.05, 3.63) is 0 Å². The summed E-state index contributed by atoms with van der Waals surface area (Å²) in [6.07, 6.45) is -0.888. The first-order valence-electron chi connectivity index (χ1n) is 4.70. The minimum Gasteiger partial charge on any atom is -0.338 e. The summed E-state index contributed by atoms with van der Waals surface area (Å²) in [5, 5.41) is 4.76. The van der Waals surface area contributed by atoms with E-state index >= 15 is 0 Å². The van der Waals surface area contributed by atoms with Crippen LogP contribution in [-0.2, 0) is 9.63 Å². The van der Waals surface area contributed by atoms with Crippen molar-refractivity contribution in [3.8, 4) is 0 Å². The molecule has 2 N–H and O–H groups in total. The van der Waals surface area contributed by atoms with Gasteiger partial charge in [-0.2, -0.15) is 0 Å². The second-order valence-electron chi connectivity index (χ2n) is 4.03. The number of urea groups is 1. The molecule has 0 fully saturated rings. The second kappa shape index (κ2) is 5.34. The molecule has 0 bridgehead atoms. The van der Waals surface area contributed by atoms with Gasteiger partial charge in [-0.1, -0.05) is 25.8 Å². The van der Waals surface area contributed by atoms with E-state index in [1.165, 1.54) is 14.1 Å². The Kier molecular flexibility index (Phi) is 4.74. The summed E-state index contributed by atoms with van der Waals surface area (Å²) in [5.41, 5.74) is -0.833. The number of nitrogens with zero attached hydrogens (tertiary/aromatic N) is 1. The van der Waals surface area contributed by atoms with Crippen LogP contribution in [0.1, 0.15) is 20.8 Å². The van der Waals surface area contributed by atoms with Crippen LogP contribution in [0.2, 0.25) is 0 Å². The van der Waals surface area contributed by atoms with Crippen molar-refractivity contribution in [1.29, 1.82) is 0 Å². The largest absolute Gasteiger partial charge is 0.431 e. The number of amides is 4. The monoisotopic (exact) mass is 231 g/mol. The Morgan fingerprint density at radius 2 is 1.56 bits per heavy atom. The summed E-state index contributed by atoms with van der Waals surface area (Å²) in [4.78, 5) is 38.6. The van der Waals surface area contributed by atoms with Gasteiger partial charge in [0, 0.05) is 19.5 Å². The van der Waals surface area contributed by atoms with Gasteiger partial charge in [0.05, 0.1) is 0 Å². The highest BCUT2D eigenvalue weighted by molar-refractivity contribution is 5.96. The molecule has 0 aliphatic carbocycles. The van der Waals surface area contributed by atoms with Crippen molar-refractivity contribution in [1.82, 2.24) is 15.7 Å². The highest BCUT2D eigenvalue weighted by Crippen LogP contribution is 2.17. The summed E-state index contributed by atoms with van der Waals surface area (Å²) in [6, 6.07) is -0.802. The second-order valence-corrected chi connectivity index (χ2v) is 4.03. The van der Waals surface area contributed by atoms with Crippen LogP contribution in [0.4, 0.5) is 9.59 Å². The molecular weight excluding hydrogens is 214 g/mol. The van der Waals surface area contributed by atoms with E-state index in [2.05, 4.69) is 15.5 Å². The number of rotatable bonds is 0. The lowest BCUT2D eigenvalue weighted by Gasteiger charge is -2.25. The number of carbonyl (C=O) groups is 3. The van der Waals surface area contributed by atoms with E-state index in [0.717, 1.165) is 0 Å². The molecule has 0 unspecified atom stereocenters. The van der Waals surface area contributed by atoms with Crippen LogP contribution in [0, 0.1) is 5.41 Å². The molecule has 0 rings (SSSR count). The molecule has 0 aromatic carbocycles. The van der Waals surface area contributed by atoms with Gasteiger partial charge in [-0.25, -0.2) is 9.59 Å². The van der Waals surface area contributed by atoms with Gasteiger partial charge in [0.1, 0.15) is 0 Å². The van der Waals surface area contributed by atoms with Gasteiger partial charge in [0.25, 0.3) is 5.91 Å². The number of carbonyl (C=O) groups excluding carboxylic acids is 3. The molecule has 7 nitrogen and oxygen atoms in total. The first-order chi connectivity index (χ1) is 7.23. The average molecular weight is 231 g/mol. The van der Waals surface area contributed by atoms with Gasteiger partial charge in [0.15, 0.2) is 0 Å². The Hall–Kier alpha value is -1.79. The van der Waals surface area contributed by atoms with Gasteiger partial charge in [-0.3, -0.25) is 4.79 Å². The number of hydrogen-bond acceptors (Lipinski definition) is 4. The zero-order valence-electron chi connectivity index (χ0n) is 10.1. The minimum absolute atomic E-state index is 0.402. The van der Waals surface area contributed by atoms with E-state index in [1.54, 1.807) is 20.8 Å². The van der Waals surface area contributed by atoms with Gasteiger partial charge in [-0.05, 0) is 0 Å². The van der Waals surface area contributed by atoms with Crippen LogP contribution < -0.4 is 10.6 Å². The predicted octanol–water partition coefficient (Wildman–Crippen LogP) is 0.471. The molecule has 0 saturated carbocycles. The molecule has 0 atom stereocenters. The van der Waals surface area contributed by atoms with Crippen molar-refractivity contribution >= 4 is 18.0 Å². The molecule has 0 saturated heterocycles. The van der Waals surface area contributed by atoms with Crippen LogP contribution >= 0.6 is 0 Å². The lowest BCUT2D eigenvalue weighted by atomic mass is 9.96. The maximum Gasteiger partial charge on any atom is 0.431 e. The lowest BCUT2D eigenvalue weighted by molar-refractivity contribution is -0.162. The van der Waals surface area contributed by atoms with E-state index in [4.69, 9.17) is 0 Å². The van der Waals surface area contributed by atoms with Crippen LogP contribution in [0.5, 0.6) is 0 Å². The molecule has 0 aliphatic heterocycles. The molecule has 4 amide bonds. The standard InChI is InChI=1S/C9H17N3O4/c1-9(2,3)6(13)12(7(14)10-4)16-8(15)11-5/h1-5H3,(H,10,14)(H,11,15). The van der Waals surface area contributed by atoms with Gasteiger partial charge in [0.2, 0.25) is 0 Å². The van der Waals surface area contributed by atoms with Crippen LogP contribution in [0.3, 0.4) is 0 Å². The van der Waals surface area contributed by atoms with E-state index in [-0.39, 0.29) is 0 Å². The Labute approximate surface area is 94.1 Å². The minimum atomic E-state index is -0.888. The summed E-state index contributed by atoms with van der Waals surface area (Å²) >= 11 is 0. The molecule has 0 aromatic rings. The van der Waals surface area contributed by atoms with E-state index in [0.29, 0.717) is 5.06 Å². The quantitative estimate of drug-likeness (QED) is 0.593.